The first-order valence-corrected chi connectivity index (χ1v) is 10.2. The van der Waals surface area contributed by atoms with Crippen LogP contribution in [0.2, 0.25) is 0 Å². The molecule has 8 heteroatoms. The number of hydrogen-bond donors (Lipinski definition) is 2. The highest BCUT2D eigenvalue weighted by molar-refractivity contribution is 6.01. The fourth-order valence-corrected chi connectivity index (χ4v) is 3.86. The number of likely N-dealkylation sites (tertiary alicyclic amines) is 1. The van der Waals surface area contributed by atoms with E-state index in [1.165, 1.54) is 5.56 Å². The summed E-state index contributed by atoms with van der Waals surface area (Å²) >= 11 is 0. The van der Waals surface area contributed by atoms with Crippen LogP contribution in [0.3, 0.4) is 0 Å². The van der Waals surface area contributed by atoms with Crippen molar-refractivity contribution in [2.75, 3.05) is 25.0 Å². The zero-order chi connectivity index (χ0) is 20.3. The van der Waals surface area contributed by atoms with E-state index in [0.29, 0.717) is 18.9 Å². The second-order valence-electron chi connectivity index (χ2n) is 7.65. The zero-order valence-electron chi connectivity index (χ0n) is 16.6. The molecule has 1 aliphatic heterocycles. The molecule has 1 aliphatic rings. The minimum absolute atomic E-state index is 0.0375. The summed E-state index contributed by atoms with van der Waals surface area (Å²) < 4.78 is 1.82. The number of benzene rings is 2. The minimum atomic E-state index is -0.0375. The molecule has 0 spiro atoms. The molecular formula is C22H23N7O. The summed E-state index contributed by atoms with van der Waals surface area (Å²) in [5, 5.41) is 19.7. The van der Waals surface area contributed by atoms with Crippen molar-refractivity contribution in [3.8, 4) is 11.3 Å². The van der Waals surface area contributed by atoms with Crippen LogP contribution in [0.25, 0.3) is 22.2 Å². The van der Waals surface area contributed by atoms with Crippen LogP contribution in [0.4, 0.5) is 5.82 Å². The molecule has 1 amide bonds. The lowest BCUT2D eigenvalue weighted by Crippen LogP contribution is -2.31. The monoisotopic (exact) mass is 401 g/mol. The number of rotatable bonds is 6. The summed E-state index contributed by atoms with van der Waals surface area (Å²) in [5.41, 5.74) is 3.75. The zero-order valence-corrected chi connectivity index (χ0v) is 16.6. The van der Waals surface area contributed by atoms with E-state index >= 15 is 0 Å². The van der Waals surface area contributed by atoms with Crippen molar-refractivity contribution in [1.29, 1.82) is 0 Å². The van der Waals surface area contributed by atoms with Gasteiger partial charge in [-0.1, -0.05) is 41.6 Å². The van der Waals surface area contributed by atoms with Crippen LogP contribution in [-0.2, 0) is 11.3 Å². The number of anilines is 1. The molecule has 4 aromatic rings. The van der Waals surface area contributed by atoms with Gasteiger partial charge in [0.05, 0.1) is 24.8 Å². The van der Waals surface area contributed by atoms with E-state index in [4.69, 9.17) is 0 Å². The summed E-state index contributed by atoms with van der Waals surface area (Å²) in [7, 11) is 0. The number of H-pyrrole nitrogens is 1. The largest absolute Gasteiger partial charge is 0.308 e. The third-order valence-corrected chi connectivity index (χ3v) is 5.41. The average molecular weight is 401 g/mol. The molecule has 0 bridgehead atoms. The quantitative estimate of drug-likeness (QED) is 0.518. The molecule has 152 valence electrons. The molecular weight excluding hydrogens is 378 g/mol. The number of fused-ring (bicyclic) bond motifs is 1. The summed E-state index contributed by atoms with van der Waals surface area (Å²) in [6.07, 6.45) is 4.25. The van der Waals surface area contributed by atoms with Gasteiger partial charge < -0.3 is 5.32 Å². The number of aromatic amines is 1. The maximum Gasteiger partial charge on any atom is 0.239 e. The Kier molecular flexibility index (Phi) is 4.98. The number of carbonyl (C=O) groups excluding carboxylic acids is 1. The summed E-state index contributed by atoms with van der Waals surface area (Å²) in [6, 6.07) is 16.1. The van der Waals surface area contributed by atoms with Crippen molar-refractivity contribution in [1.82, 2.24) is 30.1 Å². The molecule has 0 unspecified atom stereocenters. The molecule has 0 saturated carbocycles. The minimum Gasteiger partial charge on any atom is -0.308 e. The fraction of sp³-hybridized carbons (Fsp3) is 0.273. The maximum absolute atomic E-state index is 12.4. The number of nitrogens with one attached hydrogen (secondary N) is 2. The SMILES string of the molecule is O=C(CN1CCCC1)Nc1n[nH]c2ccc(-c3cn(Cc4ccccc4)nn3)cc12. The third kappa shape index (κ3) is 3.95. The van der Waals surface area contributed by atoms with Crippen LogP contribution >= 0.6 is 0 Å². The molecule has 1 fully saturated rings. The van der Waals surface area contributed by atoms with Gasteiger partial charge in [-0.25, -0.2) is 4.68 Å². The van der Waals surface area contributed by atoms with Crippen molar-refractivity contribution >= 4 is 22.6 Å². The first kappa shape index (κ1) is 18.5. The van der Waals surface area contributed by atoms with Gasteiger partial charge in [0.25, 0.3) is 0 Å². The van der Waals surface area contributed by atoms with Gasteiger partial charge in [0.2, 0.25) is 5.91 Å². The van der Waals surface area contributed by atoms with Crippen LogP contribution in [0.5, 0.6) is 0 Å². The van der Waals surface area contributed by atoms with Crippen molar-refractivity contribution in [2.24, 2.45) is 0 Å². The Bertz CT molecular complexity index is 1160. The maximum atomic E-state index is 12.4. The second kappa shape index (κ2) is 8.08. The van der Waals surface area contributed by atoms with Gasteiger partial charge in [-0.3, -0.25) is 14.8 Å². The highest BCUT2D eigenvalue weighted by Gasteiger charge is 2.17. The van der Waals surface area contributed by atoms with Crippen molar-refractivity contribution in [3.63, 3.8) is 0 Å². The Labute approximate surface area is 173 Å². The smallest absolute Gasteiger partial charge is 0.239 e. The molecule has 1 saturated heterocycles. The molecule has 0 aliphatic carbocycles. The standard InChI is InChI=1S/C22H23N7O/c30-21(15-28-10-4-5-11-28)23-22-18-12-17(8-9-19(18)24-26-22)20-14-29(27-25-20)13-16-6-2-1-3-7-16/h1-3,6-9,12,14H,4-5,10-11,13,15H2,(H2,23,24,26,30). The van der Waals surface area contributed by atoms with E-state index in [0.717, 1.165) is 48.1 Å². The third-order valence-electron chi connectivity index (χ3n) is 5.41. The molecule has 2 aromatic carbocycles. The van der Waals surface area contributed by atoms with Crippen LogP contribution < -0.4 is 5.32 Å². The van der Waals surface area contributed by atoms with E-state index in [9.17, 15) is 4.79 Å². The van der Waals surface area contributed by atoms with Gasteiger partial charge in [0.15, 0.2) is 5.82 Å². The summed E-state index contributed by atoms with van der Waals surface area (Å²) in [5.74, 6) is 0.511. The van der Waals surface area contributed by atoms with E-state index in [2.05, 4.69) is 42.9 Å². The van der Waals surface area contributed by atoms with E-state index in [-0.39, 0.29) is 5.91 Å². The van der Waals surface area contributed by atoms with Gasteiger partial charge in [0.1, 0.15) is 5.69 Å². The number of aromatic nitrogens is 5. The van der Waals surface area contributed by atoms with Gasteiger partial charge in [-0.2, -0.15) is 5.10 Å². The van der Waals surface area contributed by atoms with E-state index in [1.54, 1.807) is 0 Å². The van der Waals surface area contributed by atoms with Gasteiger partial charge >= 0.3 is 0 Å². The lowest BCUT2D eigenvalue weighted by Gasteiger charge is -2.13. The predicted molar refractivity (Wildman–Crippen MR) is 115 cm³/mol. The molecule has 2 aromatic heterocycles. The first-order valence-electron chi connectivity index (χ1n) is 10.2. The topological polar surface area (TPSA) is 91.7 Å². The Morgan fingerprint density at radius 3 is 2.77 bits per heavy atom. The predicted octanol–water partition coefficient (Wildman–Crippen LogP) is 2.90. The van der Waals surface area contributed by atoms with Gasteiger partial charge in [0, 0.05) is 10.9 Å². The first-order chi connectivity index (χ1) is 14.7. The molecule has 3 heterocycles. The van der Waals surface area contributed by atoms with Crippen LogP contribution in [0.15, 0.2) is 54.7 Å². The van der Waals surface area contributed by atoms with Crippen LogP contribution in [0, 0.1) is 0 Å². The van der Waals surface area contributed by atoms with Gasteiger partial charge in [-0.15, -0.1) is 5.10 Å². The lowest BCUT2D eigenvalue weighted by molar-refractivity contribution is -0.117. The molecule has 8 nitrogen and oxygen atoms in total. The summed E-state index contributed by atoms with van der Waals surface area (Å²) in [6.45, 7) is 3.04. The Hall–Kier alpha value is -3.52. The number of amides is 1. The molecule has 30 heavy (non-hydrogen) atoms. The van der Waals surface area contributed by atoms with Crippen molar-refractivity contribution in [2.45, 2.75) is 19.4 Å². The lowest BCUT2D eigenvalue weighted by atomic mass is 10.1. The van der Waals surface area contributed by atoms with Crippen molar-refractivity contribution < 1.29 is 4.79 Å². The average Bonchev–Trinajstić information content (AvgIpc) is 3.51. The normalized spacial score (nSPS) is 14.4. The van der Waals surface area contributed by atoms with E-state index < -0.39 is 0 Å². The molecule has 0 radical (unpaired) electrons. The Morgan fingerprint density at radius 2 is 1.93 bits per heavy atom. The summed E-state index contributed by atoms with van der Waals surface area (Å²) in [4.78, 5) is 14.6. The highest BCUT2D eigenvalue weighted by Crippen LogP contribution is 2.26. The van der Waals surface area contributed by atoms with Crippen LogP contribution in [-0.4, -0.2) is 55.6 Å². The number of carbonyl (C=O) groups is 1. The number of hydrogen-bond acceptors (Lipinski definition) is 5. The Morgan fingerprint density at radius 1 is 1.10 bits per heavy atom. The van der Waals surface area contributed by atoms with E-state index in [1.807, 2.05) is 47.3 Å². The van der Waals surface area contributed by atoms with Crippen molar-refractivity contribution in [3.05, 3.63) is 60.3 Å². The molecule has 0 atom stereocenters. The molecule has 5 rings (SSSR count). The second-order valence-corrected chi connectivity index (χ2v) is 7.65. The molecule has 2 N–H and O–H groups in total. The van der Waals surface area contributed by atoms with Gasteiger partial charge in [-0.05, 0) is 43.6 Å². The van der Waals surface area contributed by atoms with Crippen LogP contribution in [0.1, 0.15) is 18.4 Å². The Balaban J connectivity index is 1.34. The number of nitrogens with zero attached hydrogens (tertiary/aromatic N) is 5. The fourth-order valence-electron chi connectivity index (χ4n) is 3.86. The highest BCUT2D eigenvalue weighted by atomic mass is 16.2.